The number of nitro groups is 1. The number of nitrogens with zero attached hydrogens (tertiary/aromatic N) is 1. The maximum Gasteiger partial charge on any atom is 0.338 e. The molecule has 2 rings (SSSR count). The summed E-state index contributed by atoms with van der Waals surface area (Å²) in [5, 5.41) is 13.7. The van der Waals surface area contributed by atoms with E-state index in [0.29, 0.717) is 13.2 Å². The highest BCUT2D eigenvalue weighted by Gasteiger charge is 2.20. The van der Waals surface area contributed by atoms with Gasteiger partial charge >= 0.3 is 11.7 Å². The van der Waals surface area contributed by atoms with Crippen molar-refractivity contribution >= 4 is 17.6 Å². The molecule has 0 saturated carbocycles. The number of hydrogen-bond acceptors (Lipinski definition) is 7. The number of carbonyl (C=O) groups excluding carboxylic acids is 2. The van der Waals surface area contributed by atoms with Gasteiger partial charge in [0.2, 0.25) is 0 Å². The molecule has 130 valence electrons. The van der Waals surface area contributed by atoms with E-state index in [0.717, 1.165) is 18.9 Å². The van der Waals surface area contributed by atoms with Crippen molar-refractivity contribution in [1.29, 1.82) is 0 Å². The smallest absolute Gasteiger partial charge is 0.338 e. The van der Waals surface area contributed by atoms with Crippen LogP contribution in [-0.2, 0) is 14.3 Å². The SMILES string of the molecule is COC(=O)c1ccc(OCC(=O)NC[C@@H]2CCCO2)c([N+](=O)[O-])c1. The Morgan fingerprint density at radius 2 is 2.25 bits per heavy atom. The Kier molecular flexibility index (Phi) is 6.07. The van der Waals surface area contributed by atoms with Crippen LogP contribution >= 0.6 is 0 Å². The monoisotopic (exact) mass is 338 g/mol. The van der Waals surface area contributed by atoms with Gasteiger partial charge in [0.05, 0.1) is 23.7 Å². The number of nitro benzene ring substituents is 1. The van der Waals surface area contributed by atoms with Gasteiger partial charge in [0.25, 0.3) is 5.91 Å². The standard InChI is InChI=1S/C15H18N2O7/c1-22-15(19)10-4-5-13(12(7-10)17(20)21)24-9-14(18)16-8-11-3-2-6-23-11/h4-5,7,11H,2-3,6,8-9H2,1H3,(H,16,18)/t11-/m0/s1. The highest BCUT2D eigenvalue weighted by atomic mass is 16.6. The third kappa shape index (κ3) is 4.66. The number of esters is 1. The number of nitrogens with one attached hydrogen (secondary N) is 1. The fraction of sp³-hybridized carbons (Fsp3) is 0.467. The molecule has 1 heterocycles. The first kappa shape index (κ1) is 17.7. The first-order chi connectivity index (χ1) is 11.5. The van der Waals surface area contributed by atoms with Crippen molar-refractivity contribution < 1.29 is 28.7 Å². The number of benzene rings is 1. The third-order valence-electron chi connectivity index (χ3n) is 3.49. The van der Waals surface area contributed by atoms with Gasteiger partial charge in [-0.3, -0.25) is 14.9 Å². The molecule has 24 heavy (non-hydrogen) atoms. The predicted molar refractivity (Wildman–Crippen MR) is 81.9 cm³/mol. The normalized spacial score (nSPS) is 16.5. The molecule has 0 bridgehead atoms. The molecule has 0 radical (unpaired) electrons. The second-order valence-corrected chi connectivity index (χ2v) is 5.16. The van der Waals surface area contributed by atoms with E-state index in [1.54, 1.807) is 0 Å². The summed E-state index contributed by atoms with van der Waals surface area (Å²) in [6.45, 7) is 0.701. The van der Waals surface area contributed by atoms with Crippen molar-refractivity contribution in [2.45, 2.75) is 18.9 Å². The highest BCUT2D eigenvalue weighted by molar-refractivity contribution is 5.90. The van der Waals surface area contributed by atoms with Crippen molar-refractivity contribution in [1.82, 2.24) is 5.32 Å². The zero-order valence-electron chi connectivity index (χ0n) is 13.1. The molecular weight excluding hydrogens is 320 g/mol. The van der Waals surface area contributed by atoms with Crippen molar-refractivity contribution in [3.8, 4) is 5.75 Å². The van der Waals surface area contributed by atoms with Gasteiger partial charge in [0, 0.05) is 19.2 Å². The number of rotatable bonds is 7. The van der Waals surface area contributed by atoms with Crippen LogP contribution in [0.4, 0.5) is 5.69 Å². The van der Waals surface area contributed by atoms with Crippen LogP contribution in [-0.4, -0.2) is 49.8 Å². The fourth-order valence-corrected chi connectivity index (χ4v) is 2.25. The lowest BCUT2D eigenvalue weighted by Gasteiger charge is -2.11. The van der Waals surface area contributed by atoms with Gasteiger partial charge in [-0.15, -0.1) is 0 Å². The predicted octanol–water partition coefficient (Wildman–Crippen LogP) is 1.06. The van der Waals surface area contributed by atoms with E-state index in [1.165, 1.54) is 19.2 Å². The molecule has 9 nitrogen and oxygen atoms in total. The molecule has 1 aliphatic rings. The number of ether oxygens (including phenoxy) is 3. The molecule has 1 fully saturated rings. The second kappa shape index (κ2) is 8.25. The number of methoxy groups -OCH3 is 1. The van der Waals surface area contributed by atoms with Gasteiger partial charge in [-0.05, 0) is 25.0 Å². The zero-order valence-corrected chi connectivity index (χ0v) is 13.1. The lowest BCUT2D eigenvalue weighted by Crippen LogP contribution is -2.35. The van der Waals surface area contributed by atoms with Gasteiger partial charge in [-0.1, -0.05) is 0 Å². The molecule has 0 spiro atoms. The minimum atomic E-state index is -0.695. The van der Waals surface area contributed by atoms with Crippen molar-refractivity contribution in [2.24, 2.45) is 0 Å². The number of hydrogen-bond donors (Lipinski definition) is 1. The van der Waals surface area contributed by atoms with Crippen LogP contribution in [0.15, 0.2) is 18.2 Å². The topological polar surface area (TPSA) is 117 Å². The van der Waals surface area contributed by atoms with Crippen LogP contribution in [0.25, 0.3) is 0 Å². The number of carbonyl (C=O) groups is 2. The average molecular weight is 338 g/mol. The van der Waals surface area contributed by atoms with Crippen molar-refractivity contribution in [3.05, 3.63) is 33.9 Å². The van der Waals surface area contributed by atoms with Crippen molar-refractivity contribution in [3.63, 3.8) is 0 Å². The Morgan fingerprint density at radius 1 is 1.46 bits per heavy atom. The number of amides is 1. The molecular formula is C15H18N2O7. The molecule has 1 saturated heterocycles. The molecule has 1 atom stereocenters. The quantitative estimate of drug-likeness (QED) is 0.448. The summed E-state index contributed by atoms with van der Waals surface area (Å²) in [4.78, 5) is 33.6. The first-order valence-corrected chi connectivity index (χ1v) is 7.39. The molecule has 1 N–H and O–H groups in total. The lowest BCUT2D eigenvalue weighted by molar-refractivity contribution is -0.385. The average Bonchev–Trinajstić information content (AvgIpc) is 3.10. The summed E-state index contributed by atoms with van der Waals surface area (Å²) in [5.74, 6) is -1.20. The Hall–Kier alpha value is -2.68. The molecule has 0 unspecified atom stereocenters. The van der Waals surface area contributed by atoms with Crippen LogP contribution in [0.1, 0.15) is 23.2 Å². The van der Waals surface area contributed by atoms with Gasteiger partial charge < -0.3 is 19.5 Å². The summed E-state index contributed by atoms with van der Waals surface area (Å²) in [6, 6.07) is 3.64. The Labute approximate surface area is 138 Å². The van der Waals surface area contributed by atoms with E-state index in [-0.39, 0.29) is 24.0 Å². The van der Waals surface area contributed by atoms with Crippen molar-refractivity contribution in [2.75, 3.05) is 26.9 Å². The molecule has 1 amide bonds. The zero-order chi connectivity index (χ0) is 17.5. The molecule has 9 heteroatoms. The molecule has 1 aromatic carbocycles. The Bertz CT molecular complexity index is 626. The second-order valence-electron chi connectivity index (χ2n) is 5.16. The van der Waals surface area contributed by atoms with E-state index >= 15 is 0 Å². The molecule has 1 aromatic rings. The first-order valence-electron chi connectivity index (χ1n) is 7.39. The molecule has 1 aliphatic heterocycles. The van der Waals surface area contributed by atoms with E-state index < -0.39 is 22.5 Å². The van der Waals surface area contributed by atoms with Crippen LogP contribution in [0.5, 0.6) is 5.75 Å². The highest BCUT2D eigenvalue weighted by Crippen LogP contribution is 2.28. The molecule has 0 aromatic heterocycles. The van der Waals surface area contributed by atoms with E-state index in [2.05, 4.69) is 10.1 Å². The maximum atomic E-state index is 11.7. The maximum absolute atomic E-state index is 11.7. The van der Waals surface area contributed by atoms with Gasteiger partial charge in [0.15, 0.2) is 12.4 Å². The largest absolute Gasteiger partial charge is 0.477 e. The fourth-order valence-electron chi connectivity index (χ4n) is 2.25. The Balaban J connectivity index is 1.94. The minimum absolute atomic E-state index is 0.00243. The van der Waals surface area contributed by atoms with E-state index in [9.17, 15) is 19.7 Å². The summed E-state index contributed by atoms with van der Waals surface area (Å²) < 4.78 is 15.1. The van der Waals surface area contributed by atoms with E-state index in [1.807, 2.05) is 0 Å². The summed E-state index contributed by atoms with van der Waals surface area (Å²) in [6.07, 6.45) is 1.86. The molecule has 0 aliphatic carbocycles. The summed E-state index contributed by atoms with van der Waals surface area (Å²) in [7, 11) is 1.18. The van der Waals surface area contributed by atoms with Crippen LogP contribution < -0.4 is 10.1 Å². The van der Waals surface area contributed by atoms with E-state index in [4.69, 9.17) is 9.47 Å². The third-order valence-corrected chi connectivity index (χ3v) is 3.49. The van der Waals surface area contributed by atoms with Gasteiger partial charge in [-0.2, -0.15) is 0 Å². The Morgan fingerprint density at radius 3 is 2.88 bits per heavy atom. The van der Waals surface area contributed by atoms with Crippen LogP contribution in [0.2, 0.25) is 0 Å². The lowest BCUT2D eigenvalue weighted by atomic mass is 10.2. The van der Waals surface area contributed by atoms with Gasteiger partial charge in [0.1, 0.15) is 0 Å². The minimum Gasteiger partial charge on any atom is -0.477 e. The van der Waals surface area contributed by atoms with Crippen LogP contribution in [0, 0.1) is 10.1 Å². The summed E-state index contributed by atoms with van der Waals surface area (Å²) >= 11 is 0. The van der Waals surface area contributed by atoms with Crippen LogP contribution in [0.3, 0.4) is 0 Å². The van der Waals surface area contributed by atoms with Gasteiger partial charge in [-0.25, -0.2) is 4.79 Å². The summed E-state index contributed by atoms with van der Waals surface area (Å²) in [5.41, 5.74) is -0.385.